The highest BCUT2D eigenvalue weighted by atomic mass is 35.5. The Morgan fingerprint density at radius 3 is 2.49 bits per heavy atom. The van der Waals surface area contributed by atoms with Gasteiger partial charge < -0.3 is 14.5 Å². The molecule has 9 heteroatoms. The van der Waals surface area contributed by atoms with E-state index in [1.807, 2.05) is 12.1 Å². The van der Waals surface area contributed by atoms with Crippen molar-refractivity contribution in [2.24, 2.45) is 0 Å². The fourth-order valence-electron chi connectivity index (χ4n) is 6.26. The average Bonchev–Trinajstić information content (AvgIpc) is 3.22. The predicted octanol–water partition coefficient (Wildman–Crippen LogP) is 5.64. The van der Waals surface area contributed by atoms with Crippen molar-refractivity contribution in [2.75, 3.05) is 59.5 Å². The maximum absolute atomic E-state index is 13.3. The van der Waals surface area contributed by atoms with E-state index in [1.54, 1.807) is 4.90 Å². The second-order valence-corrected chi connectivity index (χ2v) is 11.3. The number of fused-ring (bicyclic) bond motifs is 2. The second-order valence-electron chi connectivity index (χ2n) is 10.9. The molecule has 2 heterocycles. The summed E-state index contributed by atoms with van der Waals surface area (Å²) in [5.74, 6) is -0.279. The summed E-state index contributed by atoms with van der Waals surface area (Å²) in [6.45, 7) is 6.85. The number of piperidine rings is 1. The molecule has 1 amide bonds. The zero-order chi connectivity index (χ0) is 27.6. The first-order chi connectivity index (χ1) is 18.7. The van der Waals surface area contributed by atoms with Gasteiger partial charge in [-0.1, -0.05) is 41.9 Å². The minimum Gasteiger partial charge on any atom is -0.372 e. The van der Waals surface area contributed by atoms with Crippen LogP contribution in [0.25, 0.3) is 6.08 Å². The Kier molecular flexibility index (Phi) is 8.38. The van der Waals surface area contributed by atoms with Crippen LogP contribution in [0.5, 0.6) is 0 Å². The Labute approximate surface area is 233 Å². The topological polar surface area (TPSA) is 36.0 Å². The summed E-state index contributed by atoms with van der Waals surface area (Å²) in [4.78, 5) is 19.4. The molecule has 0 saturated carbocycles. The molecule has 1 aliphatic carbocycles. The highest BCUT2D eigenvalue weighted by Crippen LogP contribution is 2.54. The standard InChI is InChI=1S/C30H35ClF3N3O2/c1-35-15-17-36(18-16-35)19-20-39-26-21-29(28-23(26)6-4-8-25(28)31)11-13-37(14-12-29)27(38)10-9-22-5-2-3-7-24(22)30(32,33)34/h2-10,26H,11-21H2,1H3/b10-9+. The van der Waals surface area contributed by atoms with Crippen LogP contribution in [-0.2, 0) is 21.1 Å². The number of likely N-dealkylation sites (N-methyl/N-ethyl adjacent to an activating group) is 1. The van der Waals surface area contributed by atoms with E-state index in [0.717, 1.165) is 74.2 Å². The Bertz CT molecular complexity index is 1200. The van der Waals surface area contributed by atoms with Crippen molar-refractivity contribution in [3.8, 4) is 0 Å². The van der Waals surface area contributed by atoms with Crippen molar-refractivity contribution in [1.82, 2.24) is 14.7 Å². The molecule has 2 aromatic rings. The molecule has 1 spiro atoms. The number of hydrogen-bond donors (Lipinski definition) is 0. The van der Waals surface area contributed by atoms with Gasteiger partial charge in [-0.2, -0.15) is 13.2 Å². The average molecular weight is 562 g/mol. The highest BCUT2D eigenvalue weighted by Gasteiger charge is 2.47. The van der Waals surface area contributed by atoms with Crippen LogP contribution >= 0.6 is 11.6 Å². The molecule has 0 aromatic heterocycles. The van der Waals surface area contributed by atoms with Crippen LogP contribution in [0, 0.1) is 0 Å². The Balaban J connectivity index is 1.22. The first-order valence-electron chi connectivity index (χ1n) is 13.6. The van der Waals surface area contributed by atoms with E-state index >= 15 is 0 Å². The van der Waals surface area contributed by atoms with Gasteiger partial charge in [0.2, 0.25) is 5.91 Å². The van der Waals surface area contributed by atoms with Crippen LogP contribution in [-0.4, -0.2) is 80.1 Å². The number of likely N-dealkylation sites (tertiary alicyclic amines) is 1. The van der Waals surface area contributed by atoms with Crippen molar-refractivity contribution >= 4 is 23.6 Å². The van der Waals surface area contributed by atoms with E-state index in [9.17, 15) is 18.0 Å². The zero-order valence-corrected chi connectivity index (χ0v) is 23.0. The third-order valence-electron chi connectivity index (χ3n) is 8.53. The number of carbonyl (C=O) groups is 1. The lowest BCUT2D eigenvalue weighted by atomic mass is 9.73. The van der Waals surface area contributed by atoms with E-state index in [-0.39, 0.29) is 23.0 Å². The first kappa shape index (κ1) is 28.1. The van der Waals surface area contributed by atoms with Crippen molar-refractivity contribution in [2.45, 2.75) is 37.0 Å². The van der Waals surface area contributed by atoms with Crippen molar-refractivity contribution in [3.63, 3.8) is 0 Å². The Morgan fingerprint density at radius 1 is 1.05 bits per heavy atom. The minimum absolute atomic E-state index is 0.0140. The Hall–Kier alpha value is -2.39. The lowest BCUT2D eigenvalue weighted by Gasteiger charge is -2.40. The molecule has 3 aliphatic rings. The lowest BCUT2D eigenvalue weighted by Crippen LogP contribution is -2.45. The minimum atomic E-state index is -4.47. The zero-order valence-electron chi connectivity index (χ0n) is 22.2. The molecule has 5 nitrogen and oxygen atoms in total. The summed E-state index contributed by atoms with van der Waals surface area (Å²) in [7, 11) is 2.15. The van der Waals surface area contributed by atoms with Gasteiger partial charge in [0.15, 0.2) is 0 Å². The summed E-state index contributed by atoms with van der Waals surface area (Å²) < 4.78 is 46.4. The molecule has 0 N–H and O–H groups in total. The van der Waals surface area contributed by atoms with Gasteiger partial charge >= 0.3 is 6.18 Å². The van der Waals surface area contributed by atoms with Gasteiger partial charge in [-0.3, -0.25) is 9.69 Å². The van der Waals surface area contributed by atoms with Crippen LogP contribution in [0.4, 0.5) is 13.2 Å². The molecule has 210 valence electrons. The van der Waals surface area contributed by atoms with E-state index in [1.165, 1.54) is 30.4 Å². The fourth-order valence-corrected chi connectivity index (χ4v) is 6.64. The fraction of sp³-hybridized carbons (Fsp3) is 0.500. The third-order valence-corrected chi connectivity index (χ3v) is 8.84. The molecule has 2 saturated heterocycles. The van der Waals surface area contributed by atoms with Gasteiger partial charge in [0.05, 0.1) is 18.3 Å². The molecule has 1 unspecified atom stereocenters. The number of amides is 1. The van der Waals surface area contributed by atoms with Gasteiger partial charge in [-0.25, -0.2) is 0 Å². The molecule has 5 rings (SSSR count). The smallest absolute Gasteiger partial charge is 0.372 e. The van der Waals surface area contributed by atoms with Crippen LogP contribution in [0.2, 0.25) is 5.02 Å². The number of alkyl halides is 3. The van der Waals surface area contributed by atoms with Gasteiger partial charge in [0.25, 0.3) is 0 Å². The van der Waals surface area contributed by atoms with Crippen LogP contribution in [0.15, 0.2) is 48.5 Å². The molecule has 2 aliphatic heterocycles. The number of ether oxygens (including phenoxy) is 1. The van der Waals surface area contributed by atoms with E-state index in [0.29, 0.717) is 19.7 Å². The number of nitrogens with zero attached hydrogens (tertiary/aromatic N) is 3. The van der Waals surface area contributed by atoms with Crippen molar-refractivity contribution in [1.29, 1.82) is 0 Å². The predicted molar refractivity (Wildman–Crippen MR) is 147 cm³/mol. The second kappa shape index (κ2) is 11.6. The molecule has 0 bridgehead atoms. The molecular weight excluding hydrogens is 527 g/mol. The number of hydrogen-bond acceptors (Lipinski definition) is 4. The summed E-state index contributed by atoms with van der Waals surface area (Å²) in [6.07, 6.45) is 0.309. The maximum Gasteiger partial charge on any atom is 0.416 e. The van der Waals surface area contributed by atoms with Crippen LogP contribution < -0.4 is 0 Å². The van der Waals surface area contributed by atoms with Gasteiger partial charge in [0, 0.05) is 62.3 Å². The maximum atomic E-state index is 13.3. The van der Waals surface area contributed by atoms with E-state index in [4.69, 9.17) is 16.3 Å². The van der Waals surface area contributed by atoms with Gasteiger partial charge in [-0.05, 0) is 61.2 Å². The number of rotatable bonds is 6. The molecule has 39 heavy (non-hydrogen) atoms. The summed E-state index contributed by atoms with van der Waals surface area (Å²) in [6, 6.07) is 11.3. The van der Waals surface area contributed by atoms with Crippen molar-refractivity contribution in [3.05, 3.63) is 75.8 Å². The molecule has 1 atom stereocenters. The number of benzene rings is 2. The number of carbonyl (C=O) groups excluding carboxylic acids is 1. The van der Waals surface area contributed by atoms with Crippen LogP contribution in [0.1, 0.15) is 47.6 Å². The largest absolute Gasteiger partial charge is 0.416 e. The summed E-state index contributed by atoms with van der Waals surface area (Å²) >= 11 is 6.74. The SMILES string of the molecule is CN1CCN(CCOC2CC3(CCN(C(=O)/C=C/c4ccccc4C(F)(F)F)CC3)c3c(Cl)cccc32)CC1. The quantitative estimate of drug-likeness (QED) is 0.428. The van der Waals surface area contributed by atoms with Crippen molar-refractivity contribution < 1.29 is 22.7 Å². The van der Waals surface area contributed by atoms with Gasteiger partial charge in [0.1, 0.15) is 0 Å². The van der Waals surface area contributed by atoms with E-state index in [2.05, 4.69) is 22.9 Å². The third kappa shape index (κ3) is 6.19. The molecule has 2 fully saturated rings. The van der Waals surface area contributed by atoms with Crippen LogP contribution in [0.3, 0.4) is 0 Å². The van der Waals surface area contributed by atoms with Gasteiger partial charge in [-0.15, -0.1) is 0 Å². The number of piperazine rings is 1. The number of halogens is 4. The first-order valence-corrected chi connectivity index (χ1v) is 14.0. The highest BCUT2D eigenvalue weighted by molar-refractivity contribution is 6.31. The lowest BCUT2D eigenvalue weighted by molar-refractivity contribution is -0.137. The molecule has 2 aromatic carbocycles. The molecule has 0 radical (unpaired) electrons. The monoisotopic (exact) mass is 561 g/mol. The summed E-state index contributed by atoms with van der Waals surface area (Å²) in [5.41, 5.74) is 1.35. The Morgan fingerprint density at radius 2 is 1.77 bits per heavy atom. The normalized spacial score (nSPS) is 22.1. The summed E-state index contributed by atoms with van der Waals surface area (Å²) in [5, 5.41) is 0.737. The van der Waals surface area contributed by atoms with E-state index < -0.39 is 11.7 Å². The molecular formula is C30H35ClF3N3O2.